The quantitative estimate of drug-likeness (QED) is 0.863. The van der Waals surface area contributed by atoms with Crippen LogP contribution in [0, 0.1) is 0 Å². The summed E-state index contributed by atoms with van der Waals surface area (Å²) in [4.78, 5) is 27.9. The predicted molar refractivity (Wildman–Crippen MR) is 85.5 cm³/mol. The van der Waals surface area contributed by atoms with Gasteiger partial charge >= 0.3 is 6.03 Å². The molecule has 0 radical (unpaired) electrons. The van der Waals surface area contributed by atoms with E-state index in [0.717, 1.165) is 0 Å². The monoisotopic (exact) mass is 321 g/mol. The number of rotatable bonds is 4. The molecule has 0 spiro atoms. The molecule has 0 unspecified atom stereocenters. The lowest BCUT2D eigenvalue weighted by Crippen LogP contribution is -2.54. The normalized spacial score (nSPS) is 16.1. The minimum atomic E-state index is -0.140. The number of benzene rings is 1. The molecule has 0 aromatic heterocycles. The number of carbonyl (C=O) groups excluding carboxylic acids is 2. The summed E-state index contributed by atoms with van der Waals surface area (Å²) in [6.07, 6.45) is 0. The fourth-order valence-electron chi connectivity index (χ4n) is 2.53. The summed E-state index contributed by atoms with van der Waals surface area (Å²) in [6, 6.07) is 6.10. The van der Waals surface area contributed by atoms with Crippen molar-refractivity contribution in [2.75, 3.05) is 39.9 Å². The van der Waals surface area contributed by atoms with Crippen molar-refractivity contribution in [3.05, 3.63) is 29.8 Å². The molecule has 2 N–H and O–H groups in total. The lowest BCUT2D eigenvalue weighted by atomic mass is 10.1. The minimum absolute atomic E-state index is 0.0561. The smallest absolute Gasteiger partial charge is 0.317 e. The van der Waals surface area contributed by atoms with Gasteiger partial charge in [0.1, 0.15) is 5.75 Å². The number of urea groups is 1. The van der Waals surface area contributed by atoms with E-state index in [1.165, 1.54) is 12.1 Å². The summed E-state index contributed by atoms with van der Waals surface area (Å²) in [5.74, 6) is -0.0605. The van der Waals surface area contributed by atoms with E-state index in [-0.39, 0.29) is 23.7 Å². The highest BCUT2D eigenvalue weighted by molar-refractivity contribution is 5.94. The van der Waals surface area contributed by atoms with Gasteiger partial charge in [-0.25, -0.2) is 4.79 Å². The van der Waals surface area contributed by atoms with Gasteiger partial charge in [-0.2, -0.15) is 0 Å². The maximum atomic E-state index is 12.4. The molecule has 7 heteroatoms. The second-order valence-corrected chi connectivity index (χ2v) is 5.64. The molecular weight excluding hydrogens is 298 g/mol. The molecule has 7 nitrogen and oxygen atoms in total. The van der Waals surface area contributed by atoms with Crippen LogP contribution in [-0.4, -0.2) is 72.8 Å². The summed E-state index contributed by atoms with van der Waals surface area (Å²) in [7, 11) is 1.59. The zero-order valence-corrected chi connectivity index (χ0v) is 13.5. The molecule has 1 aliphatic rings. The molecule has 23 heavy (non-hydrogen) atoms. The number of hydrogen-bond donors (Lipinski definition) is 2. The molecule has 0 saturated carbocycles. The Balaban J connectivity index is 1.86. The lowest BCUT2D eigenvalue weighted by Gasteiger charge is -2.35. The fraction of sp³-hybridized carbons (Fsp3) is 0.500. The number of methoxy groups -OCH3 is 1. The average molecular weight is 321 g/mol. The van der Waals surface area contributed by atoms with Crippen LogP contribution in [0.4, 0.5) is 4.79 Å². The number of hydrogen-bond acceptors (Lipinski definition) is 4. The van der Waals surface area contributed by atoms with E-state index in [9.17, 15) is 14.7 Å². The third-order valence-electron chi connectivity index (χ3n) is 3.73. The van der Waals surface area contributed by atoms with Crippen LogP contribution in [0.1, 0.15) is 17.3 Å². The number of phenolic OH excluding ortho intramolecular Hbond substituents is 1. The predicted octanol–water partition coefficient (Wildman–Crippen LogP) is 0.894. The number of carbonyl (C=O) groups is 2. The van der Waals surface area contributed by atoms with Crippen LogP contribution in [0.3, 0.4) is 0 Å². The van der Waals surface area contributed by atoms with Gasteiger partial charge in [-0.3, -0.25) is 4.79 Å². The Morgan fingerprint density at radius 1 is 1.26 bits per heavy atom. The molecule has 1 aliphatic heterocycles. The van der Waals surface area contributed by atoms with Gasteiger partial charge in [0, 0.05) is 38.9 Å². The van der Waals surface area contributed by atoms with Crippen molar-refractivity contribution in [3.63, 3.8) is 0 Å². The molecule has 1 heterocycles. The first-order valence-electron chi connectivity index (χ1n) is 7.64. The van der Waals surface area contributed by atoms with Gasteiger partial charge in [-0.15, -0.1) is 0 Å². The third-order valence-corrected chi connectivity index (χ3v) is 3.73. The van der Waals surface area contributed by atoms with E-state index in [1.54, 1.807) is 29.0 Å². The zero-order chi connectivity index (χ0) is 16.8. The number of nitrogens with zero attached hydrogens (tertiary/aromatic N) is 2. The Labute approximate surface area is 135 Å². The van der Waals surface area contributed by atoms with E-state index >= 15 is 0 Å². The van der Waals surface area contributed by atoms with Crippen molar-refractivity contribution in [3.8, 4) is 5.75 Å². The second kappa shape index (κ2) is 7.82. The van der Waals surface area contributed by atoms with Crippen molar-refractivity contribution >= 4 is 11.9 Å². The molecule has 3 amide bonds. The Morgan fingerprint density at radius 2 is 1.91 bits per heavy atom. The summed E-state index contributed by atoms with van der Waals surface area (Å²) in [6.45, 7) is 4.25. The van der Waals surface area contributed by atoms with Crippen LogP contribution in [0.2, 0.25) is 0 Å². The first-order chi connectivity index (χ1) is 11.0. The van der Waals surface area contributed by atoms with Crippen LogP contribution >= 0.6 is 0 Å². The van der Waals surface area contributed by atoms with Gasteiger partial charge in [-0.1, -0.05) is 6.07 Å². The number of ether oxygens (including phenoxy) is 1. The molecule has 0 aliphatic carbocycles. The standard InChI is InChI=1S/C16H23N3O4/c1-12(11-23-2)17-16(22)19-8-6-18(7-9-19)15(21)13-4-3-5-14(20)10-13/h3-5,10,12,20H,6-9,11H2,1-2H3,(H,17,22)/t12-/m0/s1. The van der Waals surface area contributed by atoms with Crippen molar-refractivity contribution < 1.29 is 19.4 Å². The molecule has 1 atom stereocenters. The largest absolute Gasteiger partial charge is 0.508 e. The zero-order valence-electron chi connectivity index (χ0n) is 13.5. The Bertz CT molecular complexity index is 556. The van der Waals surface area contributed by atoms with Gasteiger partial charge in [0.05, 0.1) is 12.6 Å². The first-order valence-corrected chi connectivity index (χ1v) is 7.64. The lowest BCUT2D eigenvalue weighted by molar-refractivity contribution is 0.0660. The maximum absolute atomic E-state index is 12.4. The topological polar surface area (TPSA) is 82.1 Å². The number of aromatic hydroxyl groups is 1. The Morgan fingerprint density at radius 3 is 2.52 bits per heavy atom. The van der Waals surface area contributed by atoms with Crippen LogP contribution in [0.15, 0.2) is 24.3 Å². The van der Waals surface area contributed by atoms with Crippen LogP contribution < -0.4 is 5.32 Å². The number of piperazine rings is 1. The number of nitrogens with one attached hydrogen (secondary N) is 1. The van der Waals surface area contributed by atoms with E-state index in [0.29, 0.717) is 38.3 Å². The molecule has 0 bridgehead atoms. The molecule has 126 valence electrons. The van der Waals surface area contributed by atoms with Crippen molar-refractivity contribution in [1.29, 1.82) is 0 Å². The first kappa shape index (κ1) is 17.1. The summed E-state index contributed by atoms with van der Waals surface area (Å²) < 4.78 is 4.99. The van der Waals surface area contributed by atoms with Gasteiger partial charge in [-0.05, 0) is 25.1 Å². The number of amides is 3. The van der Waals surface area contributed by atoms with Crippen LogP contribution in [0.5, 0.6) is 5.75 Å². The summed E-state index contributed by atoms with van der Waals surface area (Å²) in [5, 5.41) is 12.3. The molecule has 1 aromatic carbocycles. The summed E-state index contributed by atoms with van der Waals surface area (Å²) >= 11 is 0. The second-order valence-electron chi connectivity index (χ2n) is 5.64. The minimum Gasteiger partial charge on any atom is -0.508 e. The summed E-state index contributed by atoms with van der Waals surface area (Å²) in [5.41, 5.74) is 0.455. The highest BCUT2D eigenvalue weighted by atomic mass is 16.5. The Hall–Kier alpha value is -2.28. The fourth-order valence-corrected chi connectivity index (χ4v) is 2.53. The van der Waals surface area contributed by atoms with E-state index in [1.807, 2.05) is 6.92 Å². The van der Waals surface area contributed by atoms with E-state index < -0.39 is 0 Å². The van der Waals surface area contributed by atoms with Crippen molar-refractivity contribution in [2.24, 2.45) is 0 Å². The van der Waals surface area contributed by atoms with Crippen molar-refractivity contribution in [2.45, 2.75) is 13.0 Å². The van der Waals surface area contributed by atoms with Gasteiger partial charge in [0.2, 0.25) is 0 Å². The third kappa shape index (κ3) is 4.59. The van der Waals surface area contributed by atoms with Crippen LogP contribution in [0.25, 0.3) is 0 Å². The Kier molecular flexibility index (Phi) is 5.81. The highest BCUT2D eigenvalue weighted by Gasteiger charge is 2.25. The van der Waals surface area contributed by atoms with Gasteiger partial charge < -0.3 is 25.0 Å². The van der Waals surface area contributed by atoms with Gasteiger partial charge in [0.25, 0.3) is 5.91 Å². The number of phenols is 1. The average Bonchev–Trinajstić information content (AvgIpc) is 2.54. The maximum Gasteiger partial charge on any atom is 0.317 e. The highest BCUT2D eigenvalue weighted by Crippen LogP contribution is 2.14. The molecule has 1 saturated heterocycles. The van der Waals surface area contributed by atoms with Crippen molar-refractivity contribution in [1.82, 2.24) is 15.1 Å². The van der Waals surface area contributed by atoms with E-state index in [2.05, 4.69) is 5.32 Å². The van der Waals surface area contributed by atoms with Crippen LogP contribution in [-0.2, 0) is 4.74 Å². The SMILES string of the molecule is COC[C@H](C)NC(=O)N1CCN(C(=O)c2cccc(O)c2)CC1. The molecular formula is C16H23N3O4. The van der Waals surface area contributed by atoms with E-state index in [4.69, 9.17) is 4.74 Å². The molecule has 1 aromatic rings. The molecule has 1 fully saturated rings. The molecule has 2 rings (SSSR count). The van der Waals surface area contributed by atoms with Gasteiger partial charge in [0.15, 0.2) is 0 Å².